The molecule has 0 spiro atoms. The first kappa shape index (κ1) is 17.7. The van der Waals surface area contributed by atoms with E-state index in [0.29, 0.717) is 0 Å². The molecule has 134 valence electrons. The van der Waals surface area contributed by atoms with Crippen LogP contribution in [0, 0.1) is 5.82 Å². The van der Waals surface area contributed by atoms with Gasteiger partial charge in [-0.15, -0.1) is 0 Å². The van der Waals surface area contributed by atoms with Crippen molar-refractivity contribution in [3.05, 3.63) is 59.4 Å². The minimum Gasteiger partial charge on any atom is -0.487 e. The molecule has 0 aliphatic carbocycles. The number of hydrogen-bond acceptors (Lipinski definition) is 3. The molecule has 4 heteroatoms. The molecule has 0 fully saturated rings. The molecule has 0 N–H and O–H groups in total. The lowest BCUT2D eigenvalue weighted by molar-refractivity contribution is 0.0705. The number of hydrogen-bond donors (Lipinski definition) is 0. The number of benzene rings is 2. The van der Waals surface area contributed by atoms with Crippen molar-refractivity contribution in [3.8, 4) is 11.5 Å². The van der Waals surface area contributed by atoms with Crippen molar-refractivity contribution in [1.29, 1.82) is 0 Å². The fourth-order valence-electron chi connectivity index (χ4n) is 3.23. The quantitative estimate of drug-likeness (QED) is 0.744. The van der Waals surface area contributed by atoms with Gasteiger partial charge in [0.2, 0.25) is 0 Å². The molecule has 2 aromatic carbocycles. The SMILES string of the molecule is CC(Oc1ccc2c(c1)OC(C)(C)CC2c1cccc(F)c1)N(C)C. The third kappa shape index (κ3) is 3.96. The van der Waals surface area contributed by atoms with Gasteiger partial charge in [-0.3, -0.25) is 4.90 Å². The van der Waals surface area contributed by atoms with E-state index in [-0.39, 0.29) is 23.6 Å². The predicted octanol–water partition coefficient (Wildman–Crippen LogP) is 4.81. The van der Waals surface area contributed by atoms with Crippen LogP contribution in [0.3, 0.4) is 0 Å². The van der Waals surface area contributed by atoms with Crippen LogP contribution in [-0.4, -0.2) is 30.8 Å². The van der Waals surface area contributed by atoms with Crippen LogP contribution in [0.1, 0.15) is 44.2 Å². The lowest BCUT2D eigenvalue weighted by Gasteiger charge is -2.38. The van der Waals surface area contributed by atoms with Gasteiger partial charge in [0.25, 0.3) is 0 Å². The summed E-state index contributed by atoms with van der Waals surface area (Å²) in [5.41, 5.74) is 1.73. The molecule has 3 nitrogen and oxygen atoms in total. The maximum Gasteiger partial charge on any atom is 0.149 e. The number of rotatable bonds is 4. The van der Waals surface area contributed by atoms with Gasteiger partial charge in [-0.2, -0.15) is 0 Å². The van der Waals surface area contributed by atoms with Gasteiger partial charge < -0.3 is 9.47 Å². The van der Waals surface area contributed by atoms with E-state index in [1.807, 2.05) is 50.2 Å². The highest BCUT2D eigenvalue weighted by Gasteiger charge is 2.35. The molecule has 0 radical (unpaired) electrons. The van der Waals surface area contributed by atoms with Crippen molar-refractivity contribution in [2.24, 2.45) is 0 Å². The molecular formula is C21H26FNO2. The highest BCUT2D eigenvalue weighted by Crippen LogP contribution is 2.45. The van der Waals surface area contributed by atoms with Crippen LogP contribution in [0.15, 0.2) is 42.5 Å². The summed E-state index contributed by atoms with van der Waals surface area (Å²) >= 11 is 0. The van der Waals surface area contributed by atoms with Gasteiger partial charge in [0, 0.05) is 17.5 Å². The first-order valence-corrected chi connectivity index (χ1v) is 8.67. The third-order valence-electron chi connectivity index (χ3n) is 4.73. The number of nitrogens with zero attached hydrogens (tertiary/aromatic N) is 1. The van der Waals surface area contributed by atoms with Gasteiger partial charge in [-0.05, 0) is 65.0 Å². The molecule has 0 saturated heterocycles. The molecule has 0 saturated carbocycles. The standard InChI is InChI=1S/C21H26FNO2/c1-14(23(4)5)24-17-9-10-18-19(15-7-6-8-16(22)11-15)13-21(2,3)25-20(18)12-17/h6-12,14,19H,13H2,1-5H3. The molecule has 0 bridgehead atoms. The molecular weight excluding hydrogens is 317 g/mol. The van der Waals surface area contributed by atoms with Crippen molar-refractivity contribution >= 4 is 0 Å². The summed E-state index contributed by atoms with van der Waals surface area (Å²) in [5, 5.41) is 0. The zero-order valence-corrected chi connectivity index (χ0v) is 15.5. The zero-order valence-electron chi connectivity index (χ0n) is 15.5. The number of halogens is 1. The fourth-order valence-corrected chi connectivity index (χ4v) is 3.23. The van der Waals surface area contributed by atoms with Crippen LogP contribution in [0.5, 0.6) is 11.5 Å². The molecule has 1 aliphatic rings. The zero-order chi connectivity index (χ0) is 18.2. The second-order valence-corrected chi connectivity index (χ2v) is 7.55. The maximum atomic E-state index is 13.7. The van der Waals surface area contributed by atoms with Gasteiger partial charge >= 0.3 is 0 Å². The summed E-state index contributed by atoms with van der Waals surface area (Å²) in [6.45, 7) is 6.14. The monoisotopic (exact) mass is 343 g/mol. The molecule has 2 atom stereocenters. The van der Waals surface area contributed by atoms with Gasteiger partial charge in [0.1, 0.15) is 29.1 Å². The topological polar surface area (TPSA) is 21.7 Å². The Balaban J connectivity index is 1.97. The van der Waals surface area contributed by atoms with Gasteiger partial charge in [0.15, 0.2) is 0 Å². The first-order chi connectivity index (χ1) is 11.7. The Morgan fingerprint density at radius 2 is 1.96 bits per heavy atom. The van der Waals surface area contributed by atoms with E-state index in [9.17, 15) is 4.39 Å². The van der Waals surface area contributed by atoms with Gasteiger partial charge in [-0.25, -0.2) is 4.39 Å². The average molecular weight is 343 g/mol. The Labute approximate surface area is 149 Å². The van der Waals surface area contributed by atoms with E-state index in [4.69, 9.17) is 9.47 Å². The summed E-state index contributed by atoms with van der Waals surface area (Å²) < 4.78 is 25.9. The average Bonchev–Trinajstić information content (AvgIpc) is 2.52. The number of fused-ring (bicyclic) bond motifs is 1. The summed E-state index contributed by atoms with van der Waals surface area (Å²) in [7, 11) is 3.95. The van der Waals surface area contributed by atoms with Crippen molar-refractivity contribution in [3.63, 3.8) is 0 Å². The Morgan fingerprint density at radius 3 is 2.64 bits per heavy atom. The van der Waals surface area contributed by atoms with Crippen LogP contribution in [-0.2, 0) is 0 Å². The van der Waals surface area contributed by atoms with Crippen molar-refractivity contribution in [1.82, 2.24) is 4.90 Å². The predicted molar refractivity (Wildman–Crippen MR) is 97.8 cm³/mol. The third-order valence-corrected chi connectivity index (χ3v) is 4.73. The maximum absolute atomic E-state index is 13.7. The summed E-state index contributed by atoms with van der Waals surface area (Å²) in [4.78, 5) is 2.00. The van der Waals surface area contributed by atoms with E-state index < -0.39 is 0 Å². The van der Waals surface area contributed by atoms with Crippen LogP contribution in [0.2, 0.25) is 0 Å². The van der Waals surface area contributed by atoms with Crippen LogP contribution >= 0.6 is 0 Å². The van der Waals surface area contributed by atoms with E-state index in [1.165, 1.54) is 6.07 Å². The minimum atomic E-state index is -0.324. The summed E-state index contributed by atoms with van der Waals surface area (Å²) in [6, 6.07) is 12.8. The van der Waals surface area contributed by atoms with Gasteiger partial charge in [0.05, 0.1) is 0 Å². The molecule has 2 aromatic rings. The molecule has 3 rings (SSSR count). The molecule has 0 amide bonds. The minimum absolute atomic E-state index is 0.0336. The Bertz CT molecular complexity index is 757. The van der Waals surface area contributed by atoms with E-state index >= 15 is 0 Å². The van der Waals surface area contributed by atoms with Gasteiger partial charge in [-0.1, -0.05) is 18.2 Å². The molecule has 1 heterocycles. The van der Waals surface area contributed by atoms with Crippen LogP contribution in [0.25, 0.3) is 0 Å². The summed E-state index contributed by atoms with van der Waals surface area (Å²) in [5.74, 6) is 1.49. The normalized spacial score (nSPS) is 19.9. The van der Waals surface area contributed by atoms with Crippen LogP contribution < -0.4 is 9.47 Å². The first-order valence-electron chi connectivity index (χ1n) is 8.67. The Hall–Kier alpha value is -2.07. The smallest absolute Gasteiger partial charge is 0.149 e. The lowest BCUT2D eigenvalue weighted by Crippen LogP contribution is -2.35. The highest BCUT2D eigenvalue weighted by molar-refractivity contribution is 5.48. The Kier molecular flexibility index (Phi) is 4.74. The molecule has 25 heavy (non-hydrogen) atoms. The van der Waals surface area contributed by atoms with Crippen molar-refractivity contribution in [2.75, 3.05) is 14.1 Å². The van der Waals surface area contributed by atoms with E-state index in [2.05, 4.69) is 13.8 Å². The molecule has 0 aromatic heterocycles. The van der Waals surface area contributed by atoms with Crippen LogP contribution in [0.4, 0.5) is 4.39 Å². The van der Waals surface area contributed by atoms with E-state index in [1.54, 1.807) is 12.1 Å². The second-order valence-electron chi connectivity index (χ2n) is 7.55. The fraction of sp³-hybridized carbons (Fsp3) is 0.429. The van der Waals surface area contributed by atoms with Crippen molar-refractivity contribution in [2.45, 2.75) is 44.9 Å². The lowest BCUT2D eigenvalue weighted by atomic mass is 9.80. The number of ether oxygens (including phenoxy) is 2. The van der Waals surface area contributed by atoms with E-state index in [0.717, 1.165) is 29.0 Å². The largest absolute Gasteiger partial charge is 0.487 e. The second kappa shape index (κ2) is 6.68. The summed E-state index contributed by atoms with van der Waals surface area (Å²) in [6.07, 6.45) is 0.770. The molecule has 1 aliphatic heterocycles. The van der Waals surface area contributed by atoms with Crippen molar-refractivity contribution < 1.29 is 13.9 Å². The highest BCUT2D eigenvalue weighted by atomic mass is 19.1. The molecule has 2 unspecified atom stereocenters. The Morgan fingerprint density at radius 1 is 1.20 bits per heavy atom.